The highest BCUT2D eigenvalue weighted by Crippen LogP contribution is 2.15. The van der Waals surface area contributed by atoms with Crippen LogP contribution in [0.25, 0.3) is 0 Å². The third-order valence-electron chi connectivity index (χ3n) is 2.24. The Kier molecular flexibility index (Phi) is 4.16. The molecular weight excluding hydrogens is 190 g/mol. The highest BCUT2D eigenvalue weighted by atomic mass is 16.5. The lowest BCUT2D eigenvalue weighted by Crippen LogP contribution is -2.33. The molecule has 15 heavy (non-hydrogen) atoms. The lowest BCUT2D eigenvalue weighted by atomic mass is 10.2. The molecule has 0 fully saturated rings. The van der Waals surface area contributed by atoms with E-state index in [1.165, 1.54) is 5.56 Å². The van der Waals surface area contributed by atoms with Crippen LogP contribution in [0.2, 0.25) is 0 Å². The predicted molar refractivity (Wildman–Crippen MR) is 60.0 cm³/mol. The Hall–Kier alpha value is -1.51. The van der Waals surface area contributed by atoms with Crippen LogP contribution in [-0.2, 0) is 11.2 Å². The summed E-state index contributed by atoms with van der Waals surface area (Å²) in [5, 5.41) is 2.55. The highest BCUT2D eigenvalue weighted by Gasteiger charge is 2.12. The van der Waals surface area contributed by atoms with E-state index in [1.54, 1.807) is 14.0 Å². The van der Waals surface area contributed by atoms with Crippen molar-refractivity contribution in [2.24, 2.45) is 0 Å². The molecule has 0 aromatic heterocycles. The van der Waals surface area contributed by atoms with Gasteiger partial charge in [-0.05, 0) is 31.0 Å². The molecule has 0 bridgehead atoms. The van der Waals surface area contributed by atoms with Crippen molar-refractivity contribution in [3.05, 3.63) is 29.8 Å². The number of nitrogens with one attached hydrogen (secondary N) is 1. The van der Waals surface area contributed by atoms with Crippen molar-refractivity contribution < 1.29 is 9.53 Å². The van der Waals surface area contributed by atoms with Crippen molar-refractivity contribution in [2.75, 3.05) is 7.05 Å². The average molecular weight is 207 g/mol. The first-order valence-electron chi connectivity index (χ1n) is 5.14. The van der Waals surface area contributed by atoms with Crippen molar-refractivity contribution >= 4 is 5.91 Å². The molecule has 1 aromatic carbocycles. The van der Waals surface area contributed by atoms with E-state index in [-0.39, 0.29) is 5.91 Å². The normalized spacial score (nSPS) is 11.9. The van der Waals surface area contributed by atoms with E-state index < -0.39 is 6.10 Å². The summed E-state index contributed by atoms with van der Waals surface area (Å²) in [7, 11) is 1.60. The maximum Gasteiger partial charge on any atom is 0.260 e. The first kappa shape index (κ1) is 11.6. The first-order chi connectivity index (χ1) is 7.17. The summed E-state index contributed by atoms with van der Waals surface area (Å²) in [5.74, 6) is 0.627. The second kappa shape index (κ2) is 5.39. The molecule has 0 saturated heterocycles. The lowest BCUT2D eigenvalue weighted by molar-refractivity contribution is -0.126. The fraction of sp³-hybridized carbons (Fsp3) is 0.417. The van der Waals surface area contributed by atoms with Gasteiger partial charge in [-0.2, -0.15) is 0 Å². The topological polar surface area (TPSA) is 38.3 Å². The first-order valence-corrected chi connectivity index (χ1v) is 5.14. The van der Waals surface area contributed by atoms with Crippen LogP contribution in [-0.4, -0.2) is 19.1 Å². The van der Waals surface area contributed by atoms with Crippen LogP contribution < -0.4 is 10.1 Å². The van der Waals surface area contributed by atoms with E-state index in [0.29, 0.717) is 0 Å². The zero-order chi connectivity index (χ0) is 11.3. The zero-order valence-electron chi connectivity index (χ0n) is 9.41. The Morgan fingerprint density at radius 1 is 1.53 bits per heavy atom. The Morgan fingerprint density at radius 3 is 2.87 bits per heavy atom. The summed E-state index contributed by atoms with van der Waals surface area (Å²) in [6.07, 6.45) is 0.507. The maximum absolute atomic E-state index is 11.2. The smallest absolute Gasteiger partial charge is 0.260 e. The molecule has 1 N–H and O–H groups in total. The van der Waals surface area contributed by atoms with Gasteiger partial charge in [0.1, 0.15) is 5.75 Å². The monoisotopic (exact) mass is 207 g/mol. The van der Waals surface area contributed by atoms with Gasteiger partial charge in [-0.1, -0.05) is 19.1 Å². The standard InChI is InChI=1S/C12H17NO2/c1-4-10-6-5-7-11(8-10)15-9(2)12(14)13-3/h5-9H,4H2,1-3H3,(H,13,14)/t9-/m0/s1. The number of aryl methyl sites for hydroxylation is 1. The number of carbonyl (C=O) groups excluding carboxylic acids is 1. The van der Waals surface area contributed by atoms with Crippen LogP contribution in [0.1, 0.15) is 19.4 Å². The Labute approximate surface area is 90.4 Å². The zero-order valence-corrected chi connectivity index (χ0v) is 9.41. The van der Waals surface area contributed by atoms with Crippen LogP contribution in [0.4, 0.5) is 0 Å². The number of likely N-dealkylation sites (N-methyl/N-ethyl adjacent to an activating group) is 1. The van der Waals surface area contributed by atoms with E-state index in [9.17, 15) is 4.79 Å². The number of hydrogen-bond acceptors (Lipinski definition) is 2. The molecule has 1 amide bonds. The minimum atomic E-state index is -0.456. The number of amides is 1. The molecule has 0 aliphatic heterocycles. The molecule has 3 heteroatoms. The minimum absolute atomic E-state index is 0.114. The quantitative estimate of drug-likeness (QED) is 0.817. The van der Waals surface area contributed by atoms with Gasteiger partial charge in [-0.25, -0.2) is 0 Å². The van der Waals surface area contributed by atoms with Gasteiger partial charge in [0.15, 0.2) is 6.10 Å². The average Bonchev–Trinajstić information content (AvgIpc) is 2.28. The molecule has 0 aliphatic rings. The maximum atomic E-state index is 11.2. The fourth-order valence-electron chi connectivity index (χ4n) is 1.30. The van der Waals surface area contributed by atoms with Gasteiger partial charge in [-0.15, -0.1) is 0 Å². The molecule has 3 nitrogen and oxygen atoms in total. The summed E-state index contributed by atoms with van der Waals surface area (Å²) in [4.78, 5) is 11.2. The van der Waals surface area contributed by atoms with Crippen molar-refractivity contribution in [3.63, 3.8) is 0 Å². The molecule has 0 radical (unpaired) electrons. The third kappa shape index (κ3) is 3.27. The van der Waals surface area contributed by atoms with Crippen LogP contribution in [0.15, 0.2) is 24.3 Å². The van der Waals surface area contributed by atoms with Crippen molar-refractivity contribution in [3.8, 4) is 5.75 Å². The van der Waals surface area contributed by atoms with Crippen LogP contribution >= 0.6 is 0 Å². The molecule has 0 aliphatic carbocycles. The second-order valence-corrected chi connectivity index (χ2v) is 3.38. The highest BCUT2D eigenvalue weighted by molar-refractivity contribution is 5.80. The summed E-state index contributed by atoms with van der Waals surface area (Å²) < 4.78 is 5.50. The van der Waals surface area contributed by atoms with Gasteiger partial charge < -0.3 is 10.1 Å². The number of ether oxygens (including phenoxy) is 1. The van der Waals surface area contributed by atoms with Crippen molar-refractivity contribution in [1.82, 2.24) is 5.32 Å². The predicted octanol–water partition coefficient (Wildman–Crippen LogP) is 1.76. The number of rotatable bonds is 4. The van der Waals surface area contributed by atoms with Gasteiger partial charge in [-0.3, -0.25) is 4.79 Å². The summed E-state index contributed by atoms with van der Waals surface area (Å²) in [6, 6.07) is 7.79. The Balaban J connectivity index is 2.67. The largest absolute Gasteiger partial charge is 0.481 e. The second-order valence-electron chi connectivity index (χ2n) is 3.38. The van der Waals surface area contributed by atoms with Crippen molar-refractivity contribution in [2.45, 2.75) is 26.4 Å². The van der Waals surface area contributed by atoms with Crippen LogP contribution in [0.3, 0.4) is 0 Å². The van der Waals surface area contributed by atoms with Crippen LogP contribution in [0, 0.1) is 0 Å². The number of hydrogen-bond donors (Lipinski definition) is 1. The van der Waals surface area contributed by atoms with E-state index >= 15 is 0 Å². The van der Waals surface area contributed by atoms with Gasteiger partial charge in [0.05, 0.1) is 0 Å². The Bertz CT molecular complexity index is 336. The molecular formula is C12H17NO2. The van der Waals surface area contributed by atoms with Crippen LogP contribution in [0.5, 0.6) is 5.75 Å². The summed E-state index contributed by atoms with van der Waals surface area (Å²) in [6.45, 7) is 3.82. The number of carbonyl (C=O) groups is 1. The molecule has 0 saturated carbocycles. The van der Waals surface area contributed by atoms with Gasteiger partial charge >= 0.3 is 0 Å². The molecule has 1 rings (SSSR count). The Morgan fingerprint density at radius 2 is 2.27 bits per heavy atom. The SMILES string of the molecule is CCc1cccc(O[C@@H](C)C(=O)NC)c1. The van der Waals surface area contributed by atoms with E-state index in [0.717, 1.165) is 12.2 Å². The molecule has 82 valence electrons. The summed E-state index contributed by atoms with van der Waals surface area (Å²) in [5.41, 5.74) is 1.21. The molecule has 1 atom stereocenters. The van der Waals surface area contributed by atoms with Gasteiger partial charge in [0.25, 0.3) is 5.91 Å². The minimum Gasteiger partial charge on any atom is -0.481 e. The summed E-state index contributed by atoms with van der Waals surface area (Å²) >= 11 is 0. The van der Waals surface area contributed by atoms with E-state index in [1.807, 2.05) is 24.3 Å². The molecule has 0 heterocycles. The molecule has 0 unspecified atom stereocenters. The molecule has 0 spiro atoms. The van der Waals surface area contributed by atoms with Gasteiger partial charge in [0, 0.05) is 7.05 Å². The molecule has 1 aromatic rings. The third-order valence-corrected chi connectivity index (χ3v) is 2.24. The lowest BCUT2D eigenvalue weighted by Gasteiger charge is -2.13. The van der Waals surface area contributed by atoms with Gasteiger partial charge in [0.2, 0.25) is 0 Å². The number of benzene rings is 1. The van der Waals surface area contributed by atoms with E-state index in [2.05, 4.69) is 12.2 Å². The van der Waals surface area contributed by atoms with E-state index in [4.69, 9.17) is 4.74 Å². The fourth-order valence-corrected chi connectivity index (χ4v) is 1.30. The van der Waals surface area contributed by atoms with Crippen molar-refractivity contribution in [1.29, 1.82) is 0 Å².